The second-order valence-electron chi connectivity index (χ2n) is 6.61. The van der Waals surface area contributed by atoms with Crippen LogP contribution in [0.25, 0.3) is 10.9 Å². The Labute approximate surface area is 146 Å². The van der Waals surface area contributed by atoms with Crippen LogP contribution in [0, 0.1) is 0 Å². The van der Waals surface area contributed by atoms with Crippen LogP contribution in [0.3, 0.4) is 0 Å². The summed E-state index contributed by atoms with van der Waals surface area (Å²) in [6.45, 7) is 1.84. The van der Waals surface area contributed by atoms with E-state index in [0.29, 0.717) is 6.42 Å². The molecule has 1 unspecified atom stereocenters. The van der Waals surface area contributed by atoms with Crippen molar-refractivity contribution >= 4 is 28.1 Å². The summed E-state index contributed by atoms with van der Waals surface area (Å²) in [5.41, 5.74) is 3.74. The summed E-state index contributed by atoms with van der Waals surface area (Å²) in [6, 6.07) is 10.6. The normalized spacial score (nSPS) is 16.0. The van der Waals surface area contributed by atoms with E-state index in [-0.39, 0.29) is 11.8 Å². The Morgan fingerprint density at radius 1 is 1.21 bits per heavy atom. The molecule has 0 saturated carbocycles. The number of amides is 1. The SMILES string of the molecule is Cn1cc(C(CC(=O)N2CCCC2)c2ccsc2)c2ccccc21. The molecule has 3 heterocycles. The van der Waals surface area contributed by atoms with Crippen LogP contribution in [0.2, 0.25) is 0 Å². The maximum absolute atomic E-state index is 12.8. The van der Waals surface area contributed by atoms with Crippen molar-refractivity contribution in [2.75, 3.05) is 13.1 Å². The number of hydrogen-bond donors (Lipinski definition) is 0. The smallest absolute Gasteiger partial charge is 0.223 e. The number of para-hydroxylation sites is 1. The summed E-state index contributed by atoms with van der Waals surface area (Å²) in [7, 11) is 2.08. The Bertz CT molecular complexity index is 844. The average molecular weight is 338 g/mol. The van der Waals surface area contributed by atoms with Crippen molar-refractivity contribution in [3.8, 4) is 0 Å². The first-order valence-electron chi connectivity index (χ1n) is 8.58. The van der Waals surface area contributed by atoms with E-state index in [4.69, 9.17) is 0 Å². The molecule has 0 bridgehead atoms. The van der Waals surface area contributed by atoms with Gasteiger partial charge in [0.15, 0.2) is 0 Å². The van der Waals surface area contributed by atoms with Crippen molar-refractivity contribution in [3.63, 3.8) is 0 Å². The second kappa shape index (κ2) is 6.44. The second-order valence-corrected chi connectivity index (χ2v) is 7.39. The minimum atomic E-state index is 0.135. The molecule has 124 valence electrons. The predicted molar refractivity (Wildman–Crippen MR) is 99.5 cm³/mol. The zero-order valence-corrected chi connectivity index (χ0v) is 14.8. The fourth-order valence-corrected chi connectivity index (χ4v) is 4.52. The van der Waals surface area contributed by atoms with Crippen molar-refractivity contribution in [3.05, 3.63) is 58.4 Å². The third kappa shape index (κ3) is 2.75. The standard InChI is InChI=1S/C20H22N2OS/c1-21-13-18(16-6-2-3-7-19(16)21)17(15-8-11-24-14-15)12-20(23)22-9-4-5-10-22/h2-3,6-8,11,13-14,17H,4-5,9-10,12H2,1H3. The average Bonchev–Trinajstić information content (AvgIpc) is 3.35. The highest BCUT2D eigenvalue weighted by molar-refractivity contribution is 7.08. The highest BCUT2D eigenvalue weighted by Gasteiger charge is 2.26. The van der Waals surface area contributed by atoms with Gasteiger partial charge in [-0.25, -0.2) is 0 Å². The summed E-state index contributed by atoms with van der Waals surface area (Å²) >= 11 is 1.70. The van der Waals surface area contributed by atoms with Crippen LogP contribution in [0.5, 0.6) is 0 Å². The van der Waals surface area contributed by atoms with Crippen LogP contribution in [0.15, 0.2) is 47.3 Å². The quantitative estimate of drug-likeness (QED) is 0.693. The minimum absolute atomic E-state index is 0.135. The predicted octanol–water partition coefficient (Wildman–Crippen LogP) is 4.38. The van der Waals surface area contributed by atoms with Gasteiger partial charge >= 0.3 is 0 Å². The number of rotatable bonds is 4. The monoisotopic (exact) mass is 338 g/mol. The first kappa shape index (κ1) is 15.5. The molecular formula is C20H22N2OS. The molecule has 1 aliphatic heterocycles. The van der Waals surface area contributed by atoms with Crippen LogP contribution in [0.4, 0.5) is 0 Å². The van der Waals surface area contributed by atoms with Crippen molar-refractivity contribution in [1.29, 1.82) is 0 Å². The van der Waals surface area contributed by atoms with Crippen molar-refractivity contribution in [2.24, 2.45) is 7.05 Å². The minimum Gasteiger partial charge on any atom is -0.350 e. The lowest BCUT2D eigenvalue weighted by molar-refractivity contribution is -0.130. The molecule has 1 aromatic carbocycles. The lowest BCUT2D eigenvalue weighted by Gasteiger charge is -2.20. The molecular weight excluding hydrogens is 316 g/mol. The van der Waals surface area contributed by atoms with Gasteiger partial charge in [-0.3, -0.25) is 4.79 Å². The third-order valence-corrected chi connectivity index (χ3v) is 5.79. The van der Waals surface area contributed by atoms with E-state index in [1.807, 2.05) is 4.90 Å². The number of carbonyl (C=O) groups excluding carboxylic acids is 1. The van der Waals surface area contributed by atoms with Crippen molar-refractivity contribution in [1.82, 2.24) is 9.47 Å². The summed E-state index contributed by atoms with van der Waals surface area (Å²) in [6.07, 6.45) is 5.04. The molecule has 1 amide bonds. The maximum Gasteiger partial charge on any atom is 0.223 e. The lowest BCUT2D eigenvalue weighted by atomic mass is 9.89. The number of aryl methyl sites for hydroxylation is 1. The summed E-state index contributed by atoms with van der Waals surface area (Å²) in [4.78, 5) is 14.8. The van der Waals surface area contributed by atoms with Crippen LogP contribution >= 0.6 is 11.3 Å². The van der Waals surface area contributed by atoms with Gasteiger partial charge in [0, 0.05) is 49.6 Å². The molecule has 4 rings (SSSR count). The summed E-state index contributed by atoms with van der Waals surface area (Å²) < 4.78 is 2.17. The first-order chi connectivity index (χ1) is 11.7. The van der Waals surface area contributed by atoms with Crippen LogP contribution in [0.1, 0.15) is 36.3 Å². The Morgan fingerprint density at radius 3 is 2.75 bits per heavy atom. The van der Waals surface area contributed by atoms with Gasteiger partial charge in [-0.15, -0.1) is 0 Å². The van der Waals surface area contributed by atoms with Gasteiger partial charge in [0.25, 0.3) is 0 Å². The first-order valence-corrected chi connectivity index (χ1v) is 9.52. The topological polar surface area (TPSA) is 25.2 Å². The van der Waals surface area contributed by atoms with E-state index in [2.05, 4.69) is 58.9 Å². The molecule has 1 saturated heterocycles. The van der Waals surface area contributed by atoms with Crippen LogP contribution in [-0.4, -0.2) is 28.5 Å². The fraction of sp³-hybridized carbons (Fsp3) is 0.350. The van der Waals surface area contributed by atoms with Gasteiger partial charge < -0.3 is 9.47 Å². The number of thiophene rings is 1. The van der Waals surface area contributed by atoms with Crippen molar-refractivity contribution < 1.29 is 4.79 Å². The molecule has 4 heteroatoms. The largest absolute Gasteiger partial charge is 0.350 e. The Kier molecular flexibility index (Phi) is 4.15. The molecule has 24 heavy (non-hydrogen) atoms. The van der Waals surface area contributed by atoms with E-state index in [1.165, 1.54) is 22.0 Å². The van der Waals surface area contributed by atoms with E-state index < -0.39 is 0 Å². The molecule has 1 atom stereocenters. The number of benzene rings is 1. The van der Waals surface area contributed by atoms with E-state index >= 15 is 0 Å². The number of likely N-dealkylation sites (tertiary alicyclic amines) is 1. The molecule has 3 aromatic rings. The molecule has 0 N–H and O–H groups in total. The molecule has 3 nitrogen and oxygen atoms in total. The molecule has 0 aliphatic carbocycles. The molecule has 1 fully saturated rings. The van der Waals surface area contributed by atoms with Crippen LogP contribution < -0.4 is 0 Å². The highest BCUT2D eigenvalue weighted by atomic mass is 32.1. The Morgan fingerprint density at radius 2 is 2.00 bits per heavy atom. The van der Waals surface area contributed by atoms with Crippen molar-refractivity contribution in [2.45, 2.75) is 25.2 Å². The van der Waals surface area contributed by atoms with E-state index in [0.717, 1.165) is 25.9 Å². The van der Waals surface area contributed by atoms with E-state index in [9.17, 15) is 4.79 Å². The zero-order valence-electron chi connectivity index (χ0n) is 13.9. The van der Waals surface area contributed by atoms with Gasteiger partial charge in [0.2, 0.25) is 5.91 Å². The van der Waals surface area contributed by atoms with Gasteiger partial charge in [-0.1, -0.05) is 18.2 Å². The number of carbonyl (C=O) groups is 1. The van der Waals surface area contributed by atoms with Gasteiger partial charge in [-0.05, 0) is 46.9 Å². The number of hydrogen-bond acceptors (Lipinski definition) is 2. The third-order valence-electron chi connectivity index (χ3n) is 5.09. The fourth-order valence-electron chi connectivity index (χ4n) is 3.80. The molecule has 2 aromatic heterocycles. The molecule has 0 radical (unpaired) electrons. The van der Waals surface area contributed by atoms with Gasteiger partial charge in [-0.2, -0.15) is 11.3 Å². The number of fused-ring (bicyclic) bond motifs is 1. The number of aromatic nitrogens is 1. The molecule has 1 aliphatic rings. The van der Waals surface area contributed by atoms with E-state index in [1.54, 1.807) is 11.3 Å². The van der Waals surface area contributed by atoms with Gasteiger partial charge in [0.1, 0.15) is 0 Å². The Hall–Kier alpha value is -2.07. The Balaban J connectivity index is 1.73. The summed E-state index contributed by atoms with van der Waals surface area (Å²) in [5.74, 6) is 0.423. The zero-order chi connectivity index (χ0) is 16.5. The molecule has 0 spiro atoms. The van der Waals surface area contributed by atoms with Crippen LogP contribution in [-0.2, 0) is 11.8 Å². The van der Waals surface area contributed by atoms with Gasteiger partial charge in [0.05, 0.1) is 0 Å². The maximum atomic E-state index is 12.8. The highest BCUT2D eigenvalue weighted by Crippen LogP contribution is 2.36. The number of nitrogens with zero attached hydrogens (tertiary/aromatic N) is 2. The summed E-state index contributed by atoms with van der Waals surface area (Å²) in [5, 5.41) is 5.54. The lowest BCUT2D eigenvalue weighted by Crippen LogP contribution is -2.29.